The van der Waals surface area contributed by atoms with Gasteiger partial charge in [-0.15, -0.1) is 11.6 Å². The van der Waals surface area contributed by atoms with Gasteiger partial charge in [-0.25, -0.2) is 4.98 Å². The summed E-state index contributed by atoms with van der Waals surface area (Å²) in [6.45, 7) is 7.92. The molecule has 0 amide bonds. The van der Waals surface area contributed by atoms with Crippen LogP contribution in [0, 0.1) is 13.8 Å². The molecule has 96 valence electrons. The Kier molecular flexibility index (Phi) is 6.30. The van der Waals surface area contributed by atoms with E-state index in [2.05, 4.69) is 11.9 Å². The van der Waals surface area contributed by atoms with Crippen LogP contribution in [0.2, 0.25) is 0 Å². The van der Waals surface area contributed by atoms with Gasteiger partial charge in [-0.3, -0.25) is 0 Å². The minimum absolute atomic E-state index is 0.421. The molecule has 1 heterocycles. The van der Waals surface area contributed by atoms with Crippen molar-refractivity contribution in [2.24, 2.45) is 0 Å². The highest BCUT2D eigenvalue weighted by Gasteiger charge is 2.08. The Morgan fingerprint density at radius 1 is 1.24 bits per heavy atom. The Morgan fingerprint density at radius 2 is 2.00 bits per heavy atom. The summed E-state index contributed by atoms with van der Waals surface area (Å²) in [7, 11) is 0. The SMILES string of the molecule is CCCOCCOc1nc(C)cc(C)c1CCl. The average Bonchev–Trinajstić information content (AvgIpc) is 2.28. The number of ether oxygens (including phenoxy) is 2. The van der Waals surface area contributed by atoms with Crippen LogP contribution in [0.5, 0.6) is 5.88 Å². The van der Waals surface area contributed by atoms with E-state index < -0.39 is 0 Å². The number of nitrogens with zero attached hydrogens (tertiary/aromatic N) is 1. The molecule has 0 aliphatic carbocycles. The second-order valence-electron chi connectivity index (χ2n) is 3.96. The maximum absolute atomic E-state index is 5.90. The van der Waals surface area contributed by atoms with Crippen molar-refractivity contribution in [3.05, 3.63) is 22.9 Å². The molecule has 0 N–H and O–H groups in total. The largest absolute Gasteiger partial charge is 0.475 e. The number of hydrogen-bond acceptors (Lipinski definition) is 3. The average molecular weight is 258 g/mol. The van der Waals surface area contributed by atoms with Crippen LogP contribution in [0.15, 0.2) is 6.07 Å². The molecule has 1 aromatic rings. The summed E-state index contributed by atoms with van der Waals surface area (Å²) in [5.74, 6) is 1.06. The minimum atomic E-state index is 0.421. The van der Waals surface area contributed by atoms with E-state index in [9.17, 15) is 0 Å². The molecule has 3 nitrogen and oxygen atoms in total. The number of pyridine rings is 1. The fourth-order valence-corrected chi connectivity index (χ4v) is 1.88. The first-order chi connectivity index (χ1) is 8.19. The van der Waals surface area contributed by atoms with Crippen LogP contribution in [0.4, 0.5) is 0 Å². The Labute approximate surface area is 108 Å². The standard InChI is InChI=1S/C13H20ClNO2/c1-4-5-16-6-7-17-13-12(9-14)10(2)8-11(3)15-13/h8H,4-7,9H2,1-3H3. The van der Waals surface area contributed by atoms with Gasteiger partial charge in [-0.1, -0.05) is 6.92 Å². The van der Waals surface area contributed by atoms with Gasteiger partial charge >= 0.3 is 0 Å². The maximum atomic E-state index is 5.90. The van der Waals surface area contributed by atoms with Crippen molar-refractivity contribution >= 4 is 11.6 Å². The van der Waals surface area contributed by atoms with Gasteiger partial charge in [0.05, 0.1) is 12.5 Å². The summed E-state index contributed by atoms with van der Waals surface area (Å²) in [4.78, 5) is 4.36. The number of aryl methyl sites for hydroxylation is 2. The topological polar surface area (TPSA) is 31.4 Å². The van der Waals surface area contributed by atoms with Crippen molar-refractivity contribution in [1.82, 2.24) is 4.98 Å². The molecule has 17 heavy (non-hydrogen) atoms. The third-order valence-corrected chi connectivity index (χ3v) is 2.65. The lowest BCUT2D eigenvalue weighted by molar-refractivity contribution is 0.0986. The molecule has 1 aromatic heterocycles. The van der Waals surface area contributed by atoms with Gasteiger partial charge in [0.2, 0.25) is 5.88 Å². The van der Waals surface area contributed by atoms with Crippen LogP contribution < -0.4 is 4.74 Å². The molecule has 0 saturated heterocycles. The number of hydrogen-bond donors (Lipinski definition) is 0. The molecule has 0 aliphatic heterocycles. The zero-order valence-corrected chi connectivity index (χ0v) is 11.5. The van der Waals surface area contributed by atoms with Gasteiger partial charge < -0.3 is 9.47 Å². The van der Waals surface area contributed by atoms with Crippen molar-refractivity contribution in [3.63, 3.8) is 0 Å². The zero-order chi connectivity index (χ0) is 12.7. The molecule has 0 atom stereocenters. The van der Waals surface area contributed by atoms with E-state index in [-0.39, 0.29) is 0 Å². The van der Waals surface area contributed by atoms with Crippen molar-refractivity contribution in [3.8, 4) is 5.88 Å². The Hall–Kier alpha value is -0.800. The van der Waals surface area contributed by atoms with Gasteiger partial charge in [-0.2, -0.15) is 0 Å². The van der Waals surface area contributed by atoms with E-state index in [1.165, 1.54) is 0 Å². The number of rotatable bonds is 7. The van der Waals surface area contributed by atoms with Gasteiger partial charge in [0.25, 0.3) is 0 Å². The monoisotopic (exact) mass is 257 g/mol. The highest BCUT2D eigenvalue weighted by molar-refractivity contribution is 6.17. The highest BCUT2D eigenvalue weighted by Crippen LogP contribution is 2.22. The van der Waals surface area contributed by atoms with Crippen LogP contribution in [-0.2, 0) is 10.6 Å². The maximum Gasteiger partial charge on any atom is 0.218 e. The Morgan fingerprint density at radius 3 is 2.65 bits per heavy atom. The van der Waals surface area contributed by atoms with Crippen molar-refractivity contribution in [2.75, 3.05) is 19.8 Å². The number of aromatic nitrogens is 1. The van der Waals surface area contributed by atoms with E-state index in [1.54, 1.807) is 0 Å². The summed E-state index contributed by atoms with van der Waals surface area (Å²) >= 11 is 5.90. The van der Waals surface area contributed by atoms with Crippen molar-refractivity contribution < 1.29 is 9.47 Å². The first kappa shape index (κ1) is 14.3. The first-order valence-corrected chi connectivity index (χ1v) is 6.46. The quantitative estimate of drug-likeness (QED) is 0.555. The smallest absolute Gasteiger partial charge is 0.218 e. The Balaban J connectivity index is 2.57. The predicted octanol–water partition coefficient (Wildman–Crippen LogP) is 3.24. The molecule has 0 radical (unpaired) electrons. The van der Waals surface area contributed by atoms with E-state index in [4.69, 9.17) is 21.1 Å². The summed E-state index contributed by atoms with van der Waals surface area (Å²) in [6.07, 6.45) is 1.02. The molecule has 4 heteroatoms. The molecule has 0 saturated carbocycles. The number of alkyl halides is 1. The highest BCUT2D eigenvalue weighted by atomic mass is 35.5. The second-order valence-corrected chi connectivity index (χ2v) is 4.23. The van der Waals surface area contributed by atoms with Crippen molar-refractivity contribution in [1.29, 1.82) is 0 Å². The van der Waals surface area contributed by atoms with Gasteiger partial charge in [0.15, 0.2) is 0 Å². The molecule has 0 aliphatic rings. The van der Waals surface area contributed by atoms with Crippen LogP contribution in [-0.4, -0.2) is 24.8 Å². The summed E-state index contributed by atoms with van der Waals surface area (Å²) in [5, 5.41) is 0. The van der Waals surface area contributed by atoms with Gasteiger partial charge in [0, 0.05) is 17.9 Å². The van der Waals surface area contributed by atoms with Crippen LogP contribution in [0.3, 0.4) is 0 Å². The van der Waals surface area contributed by atoms with Gasteiger partial charge in [0.1, 0.15) is 6.61 Å². The van der Waals surface area contributed by atoms with Crippen LogP contribution >= 0.6 is 11.6 Å². The normalized spacial score (nSPS) is 10.6. The molecule has 0 unspecified atom stereocenters. The fraction of sp³-hybridized carbons (Fsp3) is 0.615. The lowest BCUT2D eigenvalue weighted by atomic mass is 10.1. The van der Waals surface area contributed by atoms with Gasteiger partial charge in [-0.05, 0) is 31.9 Å². The van der Waals surface area contributed by atoms with Crippen molar-refractivity contribution in [2.45, 2.75) is 33.1 Å². The number of halogens is 1. The lowest BCUT2D eigenvalue weighted by Crippen LogP contribution is -2.10. The summed E-state index contributed by atoms with van der Waals surface area (Å²) in [5.41, 5.74) is 3.03. The Bertz CT molecular complexity index is 356. The molecular weight excluding hydrogens is 238 g/mol. The molecule has 1 rings (SSSR count). The van der Waals surface area contributed by atoms with E-state index >= 15 is 0 Å². The van der Waals surface area contributed by atoms with E-state index in [0.29, 0.717) is 25.0 Å². The zero-order valence-electron chi connectivity index (χ0n) is 10.8. The van der Waals surface area contributed by atoms with E-state index in [1.807, 2.05) is 19.9 Å². The molecular formula is C13H20ClNO2. The molecule has 0 aromatic carbocycles. The molecule has 0 spiro atoms. The van der Waals surface area contributed by atoms with E-state index in [0.717, 1.165) is 29.8 Å². The van der Waals surface area contributed by atoms with Crippen LogP contribution in [0.1, 0.15) is 30.2 Å². The molecule has 0 fully saturated rings. The molecule has 0 bridgehead atoms. The van der Waals surface area contributed by atoms with Crippen LogP contribution in [0.25, 0.3) is 0 Å². The predicted molar refractivity (Wildman–Crippen MR) is 69.9 cm³/mol. The lowest BCUT2D eigenvalue weighted by Gasteiger charge is -2.12. The summed E-state index contributed by atoms with van der Waals surface area (Å²) in [6, 6.07) is 2.01. The second kappa shape index (κ2) is 7.51. The first-order valence-electron chi connectivity index (χ1n) is 5.92. The summed E-state index contributed by atoms with van der Waals surface area (Å²) < 4.78 is 11.0. The third-order valence-electron chi connectivity index (χ3n) is 2.39. The third kappa shape index (κ3) is 4.52. The minimum Gasteiger partial charge on any atom is -0.475 e. The fourth-order valence-electron chi connectivity index (χ4n) is 1.55.